The standard InChI is InChI=1S/C19H23ClFN3O3S/c1-13(2-5-18(22)25)28-12-19(26)23-9-15-11-24(6-7-27-15)10-14-3-4-17(21)16(20)8-14/h2-5,8,15H,1,6-7,9-12H2,(H2,22,25)(H,23,26)/b5-2-/t15-/m0/s1. The number of rotatable bonds is 9. The van der Waals surface area contributed by atoms with Crippen LogP contribution in [0.4, 0.5) is 4.39 Å². The second-order valence-electron chi connectivity index (χ2n) is 6.27. The highest BCUT2D eigenvalue weighted by molar-refractivity contribution is 8.03. The molecule has 1 saturated heterocycles. The topological polar surface area (TPSA) is 84.7 Å². The Hall–Kier alpha value is -1.87. The van der Waals surface area contributed by atoms with E-state index in [1.54, 1.807) is 12.1 Å². The first kappa shape index (κ1) is 22.4. The maximum absolute atomic E-state index is 13.3. The van der Waals surface area contributed by atoms with Crippen molar-refractivity contribution < 1.29 is 18.7 Å². The molecule has 1 fully saturated rings. The number of nitrogens with two attached hydrogens (primary N) is 1. The van der Waals surface area contributed by atoms with Gasteiger partial charge < -0.3 is 15.8 Å². The maximum atomic E-state index is 13.3. The van der Waals surface area contributed by atoms with Gasteiger partial charge in [0.2, 0.25) is 11.8 Å². The molecule has 0 spiro atoms. The van der Waals surface area contributed by atoms with E-state index in [1.165, 1.54) is 30.0 Å². The van der Waals surface area contributed by atoms with Crippen LogP contribution in [0.2, 0.25) is 5.02 Å². The Morgan fingerprint density at radius 1 is 1.46 bits per heavy atom. The highest BCUT2D eigenvalue weighted by atomic mass is 35.5. The van der Waals surface area contributed by atoms with E-state index in [9.17, 15) is 14.0 Å². The molecule has 2 amide bonds. The number of hydrogen-bond acceptors (Lipinski definition) is 5. The summed E-state index contributed by atoms with van der Waals surface area (Å²) in [6.07, 6.45) is 2.55. The lowest BCUT2D eigenvalue weighted by Gasteiger charge is -2.33. The highest BCUT2D eigenvalue weighted by Crippen LogP contribution is 2.18. The first-order valence-electron chi connectivity index (χ1n) is 8.67. The molecule has 1 aliphatic rings. The number of thioether (sulfide) groups is 1. The minimum Gasteiger partial charge on any atom is -0.374 e. The zero-order valence-corrected chi connectivity index (χ0v) is 16.9. The Morgan fingerprint density at radius 3 is 2.96 bits per heavy atom. The molecule has 1 aromatic rings. The predicted octanol–water partition coefficient (Wildman–Crippen LogP) is 2.08. The molecule has 0 unspecified atom stereocenters. The van der Waals surface area contributed by atoms with Crippen molar-refractivity contribution >= 4 is 35.2 Å². The minimum absolute atomic E-state index is 0.110. The first-order valence-corrected chi connectivity index (χ1v) is 10.0. The normalized spacial score (nSPS) is 17.6. The van der Waals surface area contributed by atoms with Crippen LogP contribution in [0, 0.1) is 5.82 Å². The van der Waals surface area contributed by atoms with Crippen molar-refractivity contribution in [1.29, 1.82) is 0 Å². The van der Waals surface area contributed by atoms with E-state index in [-0.39, 0.29) is 22.8 Å². The molecule has 1 heterocycles. The number of halogens is 2. The summed E-state index contributed by atoms with van der Waals surface area (Å²) < 4.78 is 19.0. The minimum atomic E-state index is -0.562. The third kappa shape index (κ3) is 8.02. The van der Waals surface area contributed by atoms with Gasteiger partial charge in [-0.1, -0.05) is 24.2 Å². The van der Waals surface area contributed by atoms with E-state index >= 15 is 0 Å². The Balaban J connectivity index is 1.72. The fourth-order valence-electron chi connectivity index (χ4n) is 2.60. The van der Waals surface area contributed by atoms with E-state index in [0.717, 1.165) is 12.1 Å². The van der Waals surface area contributed by atoms with Crippen molar-refractivity contribution in [3.05, 3.63) is 58.2 Å². The van der Waals surface area contributed by atoms with Crippen LogP contribution in [0.1, 0.15) is 5.56 Å². The predicted molar refractivity (Wildman–Crippen MR) is 109 cm³/mol. The maximum Gasteiger partial charge on any atom is 0.241 e. The van der Waals surface area contributed by atoms with Crippen LogP contribution in [0.5, 0.6) is 0 Å². The zero-order valence-electron chi connectivity index (χ0n) is 15.3. The summed E-state index contributed by atoms with van der Waals surface area (Å²) in [7, 11) is 0. The fraction of sp³-hybridized carbons (Fsp3) is 0.368. The lowest BCUT2D eigenvalue weighted by Crippen LogP contribution is -2.47. The van der Waals surface area contributed by atoms with Crippen molar-refractivity contribution in [3.8, 4) is 0 Å². The van der Waals surface area contributed by atoms with Crippen molar-refractivity contribution in [3.63, 3.8) is 0 Å². The molecule has 9 heteroatoms. The van der Waals surface area contributed by atoms with Gasteiger partial charge in [0.25, 0.3) is 0 Å². The summed E-state index contributed by atoms with van der Waals surface area (Å²) in [5.74, 6) is -0.955. The van der Waals surface area contributed by atoms with E-state index < -0.39 is 11.7 Å². The number of ether oxygens (including phenoxy) is 1. The molecular formula is C19H23ClFN3O3S. The number of morpholine rings is 1. The SMILES string of the molecule is C=C(/C=C\C(N)=O)SCC(=O)NC[C@H]1CN(Cc2ccc(F)c(Cl)c2)CCO1. The molecule has 0 radical (unpaired) electrons. The zero-order chi connectivity index (χ0) is 20.5. The molecule has 0 aliphatic carbocycles. The summed E-state index contributed by atoms with van der Waals surface area (Å²) >= 11 is 7.05. The first-order chi connectivity index (χ1) is 13.3. The fourth-order valence-corrected chi connectivity index (χ4v) is 3.39. The molecule has 6 nitrogen and oxygen atoms in total. The number of allylic oxidation sites excluding steroid dienone is 1. The van der Waals surface area contributed by atoms with Gasteiger partial charge in [-0.25, -0.2) is 4.39 Å². The second kappa shape index (κ2) is 11.2. The summed E-state index contributed by atoms with van der Waals surface area (Å²) in [5, 5.41) is 2.95. The molecule has 3 N–H and O–H groups in total. The van der Waals surface area contributed by atoms with Crippen LogP contribution >= 0.6 is 23.4 Å². The number of nitrogens with one attached hydrogen (secondary N) is 1. The quantitative estimate of drug-likeness (QED) is 0.465. The van der Waals surface area contributed by atoms with Crippen LogP contribution in [0.3, 0.4) is 0 Å². The number of primary amides is 1. The van der Waals surface area contributed by atoms with Crippen LogP contribution in [0.25, 0.3) is 0 Å². The van der Waals surface area contributed by atoms with Gasteiger partial charge in [-0.15, -0.1) is 11.8 Å². The number of benzene rings is 1. The molecule has 1 aliphatic heterocycles. The smallest absolute Gasteiger partial charge is 0.241 e. The Morgan fingerprint density at radius 2 is 2.25 bits per heavy atom. The van der Waals surface area contributed by atoms with Gasteiger partial charge in [0.05, 0.1) is 23.5 Å². The van der Waals surface area contributed by atoms with E-state index in [1.807, 2.05) is 0 Å². The van der Waals surface area contributed by atoms with Gasteiger partial charge in [0.15, 0.2) is 0 Å². The second-order valence-corrected chi connectivity index (χ2v) is 7.78. The molecule has 0 saturated carbocycles. The van der Waals surface area contributed by atoms with Crippen LogP contribution in [-0.2, 0) is 20.9 Å². The average molecular weight is 428 g/mol. The number of nitrogens with zero attached hydrogens (tertiary/aromatic N) is 1. The van der Waals surface area contributed by atoms with Gasteiger partial charge >= 0.3 is 0 Å². The van der Waals surface area contributed by atoms with E-state index in [0.29, 0.717) is 31.1 Å². The number of hydrogen-bond donors (Lipinski definition) is 2. The molecule has 1 atom stereocenters. The van der Waals surface area contributed by atoms with Crippen molar-refractivity contribution in [2.24, 2.45) is 5.73 Å². The Bertz CT molecular complexity index is 760. The lowest BCUT2D eigenvalue weighted by atomic mass is 10.2. The van der Waals surface area contributed by atoms with E-state index in [2.05, 4.69) is 16.8 Å². The summed E-state index contributed by atoms with van der Waals surface area (Å²) in [6, 6.07) is 4.70. The Labute approximate surface area is 172 Å². The molecule has 28 heavy (non-hydrogen) atoms. The number of carbonyl (C=O) groups is 2. The molecule has 1 aromatic carbocycles. The van der Waals surface area contributed by atoms with Crippen molar-refractivity contribution in [1.82, 2.24) is 10.2 Å². The molecule has 152 valence electrons. The van der Waals surface area contributed by atoms with Crippen molar-refractivity contribution in [2.75, 3.05) is 32.0 Å². The Kier molecular flexibility index (Phi) is 8.98. The van der Waals surface area contributed by atoms with Crippen molar-refractivity contribution in [2.45, 2.75) is 12.6 Å². The largest absolute Gasteiger partial charge is 0.374 e. The van der Waals surface area contributed by atoms with E-state index in [4.69, 9.17) is 22.1 Å². The molecule has 2 rings (SSSR count). The third-order valence-corrected chi connectivity index (χ3v) is 5.17. The molecule has 0 bridgehead atoms. The van der Waals surface area contributed by atoms with Crippen LogP contribution in [-0.4, -0.2) is 54.8 Å². The number of carbonyl (C=O) groups excluding carboxylic acids is 2. The van der Waals surface area contributed by atoms with Crippen LogP contribution < -0.4 is 11.1 Å². The highest BCUT2D eigenvalue weighted by Gasteiger charge is 2.21. The molecular weight excluding hydrogens is 405 g/mol. The van der Waals surface area contributed by atoms with Crippen LogP contribution in [0.15, 0.2) is 41.8 Å². The van der Waals surface area contributed by atoms with Gasteiger partial charge in [-0.3, -0.25) is 14.5 Å². The van der Waals surface area contributed by atoms with Gasteiger partial charge in [0, 0.05) is 37.2 Å². The molecule has 0 aromatic heterocycles. The summed E-state index contributed by atoms with van der Waals surface area (Å²) in [6.45, 7) is 6.72. The summed E-state index contributed by atoms with van der Waals surface area (Å²) in [5.41, 5.74) is 5.93. The third-order valence-electron chi connectivity index (χ3n) is 3.96. The van der Waals surface area contributed by atoms with Gasteiger partial charge in [-0.05, 0) is 23.8 Å². The van der Waals surface area contributed by atoms with Gasteiger partial charge in [-0.2, -0.15) is 0 Å². The van der Waals surface area contributed by atoms with Gasteiger partial charge in [0.1, 0.15) is 5.82 Å². The summed E-state index contributed by atoms with van der Waals surface area (Å²) in [4.78, 5) is 25.4. The monoisotopic (exact) mass is 427 g/mol. The number of amides is 2. The lowest BCUT2D eigenvalue weighted by molar-refractivity contribution is -0.119. The average Bonchev–Trinajstić information content (AvgIpc) is 2.66.